The zero-order valence-electron chi connectivity index (χ0n) is 32.1. The van der Waals surface area contributed by atoms with E-state index in [0.29, 0.717) is 79.4 Å². The minimum absolute atomic E-state index is 0.00223. The van der Waals surface area contributed by atoms with E-state index in [9.17, 15) is 28.8 Å². The first-order valence-corrected chi connectivity index (χ1v) is 19.4. The first-order valence-electron chi connectivity index (χ1n) is 17.9. The summed E-state index contributed by atoms with van der Waals surface area (Å²) in [7, 11) is 0. The number of carbonyl (C=O) groups is 4. The molecule has 0 spiro atoms. The number of ether oxygens (including phenoxy) is 2. The number of carbonyl (C=O) groups excluding carboxylic acids is 4. The first kappa shape index (κ1) is 40.3. The summed E-state index contributed by atoms with van der Waals surface area (Å²) in [6, 6.07) is 3.75. The predicted molar refractivity (Wildman–Crippen MR) is 206 cm³/mol. The number of piperazine rings is 2. The molecule has 2 saturated heterocycles. The summed E-state index contributed by atoms with van der Waals surface area (Å²) in [5, 5.41) is 1.17. The molecule has 0 aromatic carbocycles. The van der Waals surface area contributed by atoms with Crippen molar-refractivity contribution in [2.24, 2.45) is 0 Å². The lowest BCUT2D eigenvalue weighted by Gasteiger charge is -2.35. The van der Waals surface area contributed by atoms with Crippen molar-refractivity contribution in [3.8, 4) is 0 Å². The van der Waals surface area contributed by atoms with E-state index in [1.54, 1.807) is 26.5 Å². The highest BCUT2D eigenvalue weighted by molar-refractivity contribution is 7.13. The third-order valence-electron chi connectivity index (χ3n) is 8.90. The van der Waals surface area contributed by atoms with E-state index < -0.39 is 5.60 Å². The van der Waals surface area contributed by atoms with Crippen molar-refractivity contribution in [3.63, 3.8) is 0 Å². The zero-order valence-corrected chi connectivity index (χ0v) is 33.7. The number of pyridine rings is 2. The molecule has 0 unspecified atom stereocenters. The molecule has 0 N–H and O–H groups in total. The quantitative estimate of drug-likeness (QED) is 0.292. The van der Waals surface area contributed by atoms with Gasteiger partial charge in [0.15, 0.2) is 0 Å². The van der Waals surface area contributed by atoms with Crippen LogP contribution in [0.2, 0.25) is 0 Å². The molecule has 6 heterocycles. The number of rotatable bonds is 5. The Bertz CT molecular complexity index is 2170. The normalized spacial score (nSPS) is 15.0. The van der Waals surface area contributed by atoms with Crippen molar-refractivity contribution in [2.45, 2.75) is 74.1 Å². The van der Waals surface area contributed by atoms with Crippen LogP contribution in [0, 0.1) is 27.7 Å². The molecule has 18 heteroatoms. The average Bonchev–Trinajstić information content (AvgIpc) is 3.58. The Morgan fingerprint density at radius 1 is 0.648 bits per heavy atom. The molecule has 2 aliphatic rings. The Morgan fingerprint density at radius 2 is 1.02 bits per heavy atom. The van der Waals surface area contributed by atoms with Crippen LogP contribution >= 0.6 is 23.1 Å². The minimum Gasteiger partial charge on any atom is -0.450 e. The van der Waals surface area contributed by atoms with Crippen LogP contribution in [0.3, 0.4) is 0 Å². The van der Waals surface area contributed by atoms with Crippen LogP contribution in [0.25, 0.3) is 20.4 Å². The number of fused-ring (bicyclic) bond motifs is 2. The highest BCUT2D eigenvalue weighted by atomic mass is 32.1. The fraction of sp³-hybridized carbons (Fsp3) is 0.556. The van der Waals surface area contributed by atoms with Crippen molar-refractivity contribution in [1.82, 2.24) is 37.5 Å². The van der Waals surface area contributed by atoms with Crippen LogP contribution in [0.1, 0.15) is 50.2 Å². The van der Waals surface area contributed by atoms with Crippen molar-refractivity contribution >= 4 is 67.5 Å². The van der Waals surface area contributed by atoms with Crippen LogP contribution < -0.4 is 11.1 Å². The number of amides is 4. The topological polar surface area (TPSA) is 169 Å². The molecule has 0 aliphatic carbocycles. The summed E-state index contributed by atoms with van der Waals surface area (Å²) in [5.74, 6) is -0.261. The van der Waals surface area contributed by atoms with Gasteiger partial charge in [0, 0.05) is 63.7 Å². The fourth-order valence-corrected chi connectivity index (χ4v) is 8.44. The number of nitrogens with zero attached hydrogens (tertiary/aromatic N) is 8. The van der Waals surface area contributed by atoms with E-state index >= 15 is 0 Å². The molecule has 4 aromatic rings. The second-order valence-electron chi connectivity index (χ2n) is 14.3. The van der Waals surface area contributed by atoms with Gasteiger partial charge in [-0.25, -0.2) is 19.6 Å². The Balaban J connectivity index is 0.000000208. The maximum atomic E-state index is 12.7. The van der Waals surface area contributed by atoms with E-state index in [4.69, 9.17) is 9.47 Å². The summed E-state index contributed by atoms with van der Waals surface area (Å²) in [5.41, 5.74) is 2.56. The molecule has 0 atom stereocenters. The Kier molecular flexibility index (Phi) is 12.5. The van der Waals surface area contributed by atoms with Gasteiger partial charge in [0.25, 0.3) is 11.1 Å². The van der Waals surface area contributed by atoms with Crippen LogP contribution in [0.15, 0.2) is 21.7 Å². The summed E-state index contributed by atoms with van der Waals surface area (Å²) < 4.78 is 13.3. The Hall–Kier alpha value is -4.84. The van der Waals surface area contributed by atoms with Gasteiger partial charge in [-0.1, -0.05) is 0 Å². The monoisotopic (exact) mass is 784 g/mol. The van der Waals surface area contributed by atoms with Gasteiger partial charge in [0.1, 0.15) is 28.4 Å². The minimum atomic E-state index is -0.545. The number of aromatic nitrogens is 4. The molecule has 16 nitrogen and oxygen atoms in total. The van der Waals surface area contributed by atoms with Gasteiger partial charge in [0.2, 0.25) is 11.8 Å². The number of hydrogen-bond donors (Lipinski definition) is 0. The largest absolute Gasteiger partial charge is 0.450 e. The lowest BCUT2D eigenvalue weighted by molar-refractivity contribution is -0.134. The third-order valence-corrected chi connectivity index (χ3v) is 10.9. The molecule has 2 aliphatic heterocycles. The van der Waals surface area contributed by atoms with Gasteiger partial charge in [-0.2, -0.15) is 0 Å². The Labute approximate surface area is 321 Å². The van der Waals surface area contributed by atoms with E-state index in [1.165, 1.54) is 31.0 Å². The first-order chi connectivity index (χ1) is 25.4. The van der Waals surface area contributed by atoms with Crippen molar-refractivity contribution < 1.29 is 28.7 Å². The fourth-order valence-electron chi connectivity index (χ4n) is 6.27. The summed E-state index contributed by atoms with van der Waals surface area (Å²) in [4.78, 5) is 91.0. The molecule has 6 rings (SSSR count). The van der Waals surface area contributed by atoms with Gasteiger partial charge >= 0.3 is 12.2 Å². The number of aryl methyl sites for hydroxylation is 4. The van der Waals surface area contributed by atoms with Crippen molar-refractivity contribution in [1.29, 1.82) is 0 Å². The number of hydrogen-bond acceptors (Lipinski definition) is 12. The second-order valence-corrected chi connectivity index (χ2v) is 16.3. The van der Waals surface area contributed by atoms with Gasteiger partial charge < -0.3 is 29.1 Å². The maximum Gasteiger partial charge on any atom is 0.410 e. The predicted octanol–water partition coefficient (Wildman–Crippen LogP) is 3.53. The molecule has 0 radical (unpaired) electrons. The second kappa shape index (κ2) is 16.7. The SMILES string of the molecule is CCOC(=O)N1CCN(C(=O)Cn2sc3nc(C)cc(C)c3c2=O)CC1.Cc1cc(C)c2c(=O)n(CC(=O)N3CCN(C(=O)OC(C)(C)C)CC3)sc2n1. The lowest BCUT2D eigenvalue weighted by atomic mass is 10.2. The molecule has 4 amide bonds. The lowest BCUT2D eigenvalue weighted by Crippen LogP contribution is -2.52. The van der Waals surface area contributed by atoms with Gasteiger partial charge in [-0.15, -0.1) is 0 Å². The molecule has 0 bridgehead atoms. The van der Waals surface area contributed by atoms with E-state index in [1.807, 2.05) is 60.6 Å². The smallest absolute Gasteiger partial charge is 0.410 e. The standard InChI is InChI=1S/C19H26N4O4S.C17H22N4O4S/c1-12-10-13(2)20-16-15(12)17(25)23(28-16)11-14(24)21-6-8-22(9-7-21)18(26)27-19(3,4)5;1-4-25-17(24)20-7-5-19(6-8-20)13(22)10-21-16(23)14-11(2)9-12(3)18-15(14)26-21/h10H,6-9,11H2,1-5H3;9H,4-8,10H2,1-3H3. The molecular weight excluding hydrogens is 737 g/mol. The van der Waals surface area contributed by atoms with E-state index in [0.717, 1.165) is 22.5 Å². The molecular formula is C36H48N8O8S2. The van der Waals surface area contributed by atoms with E-state index in [2.05, 4.69) is 9.97 Å². The summed E-state index contributed by atoms with van der Waals surface area (Å²) in [6.45, 7) is 18.5. The average molecular weight is 785 g/mol. The van der Waals surface area contributed by atoms with Crippen LogP contribution in [0.5, 0.6) is 0 Å². The molecule has 4 aromatic heterocycles. The third kappa shape index (κ3) is 9.44. The molecule has 0 saturated carbocycles. The highest BCUT2D eigenvalue weighted by Crippen LogP contribution is 2.21. The molecule has 54 heavy (non-hydrogen) atoms. The summed E-state index contributed by atoms with van der Waals surface area (Å²) in [6.07, 6.45) is -0.713. The van der Waals surface area contributed by atoms with Crippen LogP contribution in [-0.4, -0.2) is 126 Å². The van der Waals surface area contributed by atoms with Gasteiger partial charge in [-0.05, 0) is 102 Å². The van der Waals surface area contributed by atoms with Crippen LogP contribution in [-0.2, 0) is 32.2 Å². The molecule has 2 fully saturated rings. The zero-order chi connectivity index (χ0) is 39.5. The van der Waals surface area contributed by atoms with Gasteiger partial charge in [-0.3, -0.25) is 27.1 Å². The highest BCUT2D eigenvalue weighted by Gasteiger charge is 2.29. The van der Waals surface area contributed by atoms with E-state index in [-0.39, 0.29) is 48.2 Å². The van der Waals surface area contributed by atoms with Crippen molar-refractivity contribution in [3.05, 3.63) is 55.4 Å². The van der Waals surface area contributed by atoms with Crippen LogP contribution in [0.4, 0.5) is 9.59 Å². The summed E-state index contributed by atoms with van der Waals surface area (Å²) >= 11 is 2.43. The van der Waals surface area contributed by atoms with Gasteiger partial charge in [0.05, 0.1) is 17.4 Å². The van der Waals surface area contributed by atoms with Crippen molar-refractivity contribution in [2.75, 3.05) is 59.0 Å². The molecule has 292 valence electrons. The Morgan fingerprint density at radius 3 is 1.39 bits per heavy atom. The maximum absolute atomic E-state index is 12.7.